The molecule has 4 nitrogen and oxygen atoms in total. The first kappa shape index (κ1) is 25.6. The summed E-state index contributed by atoms with van der Waals surface area (Å²) in [6.45, 7) is 2.45. The molecule has 8 heteroatoms. The highest BCUT2D eigenvalue weighted by Gasteiger charge is 2.32. The van der Waals surface area contributed by atoms with Crippen molar-refractivity contribution in [3.05, 3.63) is 97.6 Å². The number of hydrogen-bond donors (Lipinski definition) is 0. The third-order valence-corrected chi connectivity index (χ3v) is 7.04. The molecule has 4 rings (SSSR count). The lowest BCUT2D eigenvalue weighted by atomic mass is 10.1. The number of aryl methyl sites for hydroxylation is 1. The van der Waals surface area contributed by atoms with Gasteiger partial charge in [-0.2, -0.15) is 13.2 Å². The van der Waals surface area contributed by atoms with Gasteiger partial charge in [0.1, 0.15) is 5.82 Å². The van der Waals surface area contributed by atoms with Gasteiger partial charge < -0.3 is 0 Å². The van der Waals surface area contributed by atoms with Gasteiger partial charge in [0.15, 0.2) is 0 Å². The first-order valence-electron chi connectivity index (χ1n) is 12.0. The standard InChI is InChI=1S/C27H29BrF3N3O/c1-2-24(33(16-15-27(29,30)31)17-20-11-13-21(28)14-12-20)25-32-23-10-6-9-22(23)26(35)34(25)18-19-7-4-3-5-8-19/h3-5,7-8,11-14,24H,2,6,9-10,15-18H2,1H3. The summed E-state index contributed by atoms with van der Waals surface area (Å²) in [6.07, 6.45) is -2.35. The highest BCUT2D eigenvalue weighted by Crippen LogP contribution is 2.30. The third-order valence-electron chi connectivity index (χ3n) is 6.51. The Kier molecular flexibility index (Phi) is 8.12. The fourth-order valence-electron chi connectivity index (χ4n) is 4.76. The fraction of sp³-hybridized carbons (Fsp3) is 0.407. The van der Waals surface area contributed by atoms with Gasteiger partial charge in [-0.1, -0.05) is 65.3 Å². The smallest absolute Gasteiger partial charge is 0.291 e. The van der Waals surface area contributed by atoms with E-state index in [0.29, 0.717) is 31.8 Å². The molecule has 186 valence electrons. The van der Waals surface area contributed by atoms with Crippen molar-refractivity contribution < 1.29 is 13.2 Å². The molecule has 1 aromatic heterocycles. The SMILES string of the molecule is CCC(c1nc2c(c(=O)n1Cc1ccccc1)CCC2)N(CCC(F)(F)F)Cc1ccc(Br)cc1. The Labute approximate surface area is 211 Å². The van der Waals surface area contributed by atoms with Crippen LogP contribution in [0.3, 0.4) is 0 Å². The van der Waals surface area contributed by atoms with E-state index in [1.165, 1.54) is 0 Å². The van der Waals surface area contributed by atoms with Crippen LogP contribution in [0.5, 0.6) is 0 Å². The molecule has 0 bridgehead atoms. The van der Waals surface area contributed by atoms with Crippen LogP contribution in [0.2, 0.25) is 0 Å². The summed E-state index contributed by atoms with van der Waals surface area (Å²) in [4.78, 5) is 20.3. The molecule has 1 heterocycles. The largest absolute Gasteiger partial charge is 0.390 e. The van der Waals surface area contributed by atoms with Gasteiger partial charge in [-0.25, -0.2) is 4.98 Å². The highest BCUT2D eigenvalue weighted by molar-refractivity contribution is 9.10. The fourth-order valence-corrected chi connectivity index (χ4v) is 5.03. The molecule has 0 radical (unpaired) electrons. The van der Waals surface area contributed by atoms with E-state index < -0.39 is 18.6 Å². The van der Waals surface area contributed by atoms with Crippen molar-refractivity contribution >= 4 is 15.9 Å². The number of aromatic nitrogens is 2. The molecule has 0 amide bonds. The van der Waals surface area contributed by atoms with Crippen molar-refractivity contribution in [2.45, 2.75) is 64.3 Å². The molecule has 0 aliphatic heterocycles. The molecule has 0 spiro atoms. The van der Waals surface area contributed by atoms with E-state index in [9.17, 15) is 18.0 Å². The lowest BCUT2D eigenvalue weighted by Gasteiger charge is -2.33. The van der Waals surface area contributed by atoms with Crippen molar-refractivity contribution in [3.8, 4) is 0 Å². The Balaban J connectivity index is 1.77. The minimum absolute atomic E-state index is 0.0655. The van der Waals surface area contributed by atoms with E-state index in [-0.39, 0.29) is 12.1 Å². The van der Waals surface area contributed by atoms with E-state index in [0.717, 1.165) is 39.7 Å². The summed E-state index contributed by atoms with van der Waals surface area (Å²) in [5, 5.41) is 0. The second kappa shape index (κ2) is 11.1. The zero-order chi connectivity index (χ0) is 25.0. The minimum Gasteiger partial charge on any atom is -0.291 e. The second-order valence-electron chi connectivity index (χ2n) is 9.01. The van der Waals surface area contributed by atoms with E-state index in [1.807, 2.05) is 66.4 Å². The van der Waals surface area contributed by atoms with Crippen molar-refractivity contribution in [2.24, 2.45) is 0 Å². The number of alkyl halides is 3. The van der Waals surface area contributed by atoms with Gasteiger partial charge in [0.2, 0.25) is 0 Å². The predicted molar refractivity (Wildman–Crippen MR) is 134 cm³/mol. The topological polar surface area (TPSA) is 38.1 Å². The van der Waals surface area contributed by atoms with Crippen LogP contribution in [0, 0.1) is 0 Å². The first-order valence-corrected chi connectivity index (χ1v) is 12.8. The molecular formula is C27H29BrF3N3O. The molecule has 1 aliphatic rings. The Bertz CT molecular complexity index is 1190. The van der Waals surface area contributed by atoms with Gasteiger partial charge in [-0.05, 0) is 48.9 Å². The normalized spacial score (nSPS) is 14.3. The van der Waals surface area contributed by atoms with E-state index in [1.54, 1.807) is 4.57 Å². The number of halogens is 4. The van der Waals surface area contributed by atoms with E-state index in [2.05, 4.69) is 15.9 Å². The number of hydrogen-bond acceptors (Lipinski definition) is 3. The van der Waals surface area contributed by atoms with Crippen molar-refractivity contribution in [1.82, 2.24) is 14.5 Å². The zero-order valence-electron chi connectivity index (χ0n) is 19.7. The van der Waals surface area contributed by atoms with Crippen LogP contribution in [-0.2, 0) is 25.9 Å². The second-order valence-corrected chi connectivity index (χ2v) is 9.93. The molecule has 0 fully saturated rings. The van der Waals surface area contributed by atoms with Crippen molar-refractivity contribution in [3.63, 3.8) is 0 Å². The van der Waals surface area contributed by atoms with Crippen LogP contribution in [0.1, 0.15) is 60.4 Å². The number of rotatable bonds is 9. The van der Waals surface area contributed by atoms with Crippen LogP contribution >= 0.6 is 15.9 Å². The van der Waals surface area contributed by atoms with Gasteiger partial charge >= 0.3 is 6.18 Å². The van der Waals surface area contributed by atoms with Crippen LogP contribution in [0.4, 0.5) is 13.2 Å². The molecule has 1 unspecified atom stereocenters. The maximum atomic E-state index is 13.6. The third kappa shape index (κ3) is 6.41. The minimum atomic E-state index is -4.27. The molecule has 0 saturated carbocycles. The van der Waals surface area contributed by atoms with Crippen molar-refractivity contribution in [2.75, 3.05) is 6.54 Å². The Morgan fingerprint density at radius 3 is 2.43 bits per heavy atom. The lowest BCUT2D eigenvalue weighted by molar-refractivity contribution is -0.139. The average molecular weight is 548 g/mol. The van der Waals surface area contributed by atoms with Crippen LogP contribution in [0.25, 0.3) is 0 Å². The van der Waals surface area contributed by atoms with Crippen LogP contribution in [0.15, 0.2) is 63.9 Å². The maximum absolute atomic E-state index is 13.6. The molecule has 0 saturated heterocycles. The summed E-state index contributed by atoms with van der Waals surface area (Å²) in [5.74, 6) is 0.557. The maximum Gasteiger partial charge on any atom is 0.390 e. The molecule has 2 aromatic carbocycles. The molecule has 1 aliphatic carbocycles. The predicted octanol–water partition coefficient (Wildman–Crippen LogP) is 6.45. The number of benzene rings is 2. The van der Waals surface area contributed by atoms with Gasteiger partial charge in [-0.15, -0.1) is 0 Å². The van der Waals surface area contributed by atoms with Gasteiger partial charge in [0, 0.05) is 23.1 Å². The highest BCUT2D eigenvalue weighted by atomic mass is 79.9. The Morgan fingerprint density at radius 1 is 1.06 bits per heavy atom. The molecule has 1 atom stereocenters. The summed E-state index contributed by atoms with van der Waals surface area (Å²) in [5.41, 5.74) is 3.35. The van der Waals surface area contributed by atoms with Gasteiger partial charge in [0.05, 0.1) is 24.7 Å². The lowest BCUT2D eigenvalue weighted by Crippen LogP contribution is -2.38. The van der Waals surface area contributed by atoms with Gasteiger partial charge in [0.25, 0.3) is 5.56 Å². The van der Waals surface area contributed by atoms with Crippen molar-refractivity contribution in [1.29, 1.82) is 0 Å². The summed E-state index contributed by atoms with van der Waals surface area (Å²) in [7, 11) is 0. The van der Waals surface area contributed by atoms with E-state index >= 15 is 0 Å². The first-order chi connectivity index (χ1) is 16.7. The summed E-state index contributed by atoms with van der Waals surface area (Å²) >= 11 is 3.41. The van der Waals surface area contributed by atoms with E-state index in [4.69, 9.17) is 4.98 Å². The monoisotopic (exact) mass is 547 g/mol. The summed E-state index contributed by atoms with van der Waals surface area (Å²) < 4.78 is 42.5. The molecule has 3 aromatic rings. The average Bonchev–Trinajstić information content (AvgIpc) is 3.30. The zero-order valence-corrected chi connectivity index (χ0v) is 21.3. The van der Waals surface area contributed by atoms with Gasteiger partial charge in [-0.3, -0.25) is 14.3 Å². The number of fused-ring (bicyclic) bond motifs is 1. The summed E-state index contributed by atoms with van der Waals surface area (Å²) in [6, 6.07) is 16.8. The Hall–Kier alpha value is -2.45. The van der Waals surface area contributed by atoms with Crippen LogP contribution < -0.4 is 5.56 Å². The molecule has 0 N–H and O–H groups in total. The molecule has 35 heavy (non-hydrogen) atoms. The number of nitrogens with zero attached hydrogens (tertiary/aromatic N) is 3. The van der Waals surface area contributed by atoms with Crippen LogP contribution in [-0.4, -0.2) is 27.2 Å². The quantitative estimate of drug-likeness (QED) is 0.309. The Morgan fingerprint density at radius 2 is 1.77 bits per heavy atom. The molecular weight excluding hydrogens is 519 g/mol.